The van der Waals surface area contributed by atoms with Crippen molar-refractivity contribution in [2.24, 2.45) is 0 Å². The molecule has 128 valence electrons. The van der Waals surface area contributed by atoms with Crippen LogP contribution in [0.4, 0.5) is 0 Å². The van der Waals surface area contributed by atoms with E-state index in [2.05, 4.69) is 20.2 Å². The van der Waals surface area contributed by atoms with Crippen LogP contribution in [0.2, 0.25) is 0 Å². The number of nitrogens with one attached hydrogen (secondary N) is 1. The Morgan fingerprint density at radius 2 is 2.12 bits per heavy atom. The molecular formula is C17H23N5O2. The summed E-state index contributed by atoms with van der Waals surface area (Å²) >= 11 is 0. The Morgan fingerprint density at radius 3 is 2.83 bits per heavy atom. The van der Waals surface area contributed by atoms with E-state index < -0.39 is 0 Å². The van der Waals surface area contributed by atoms with E-state index in [1.807, 2.05) is 30.9 Å². The van der Waals surface area contributed by atoms with Crippen LogP contribution in [-0.2, 0) is 9.53 Å². The van der Waals surface area contributed by atoms with Crippen LogP contribution in [0.15, 0.2) is 12.1 Å². The highest BCUT2D eigenvalue weighted by atomic mass is 16.5. The van der Waals surface area contributed by atoms with Gasteiger partial charge in [-0.3, -0.25) is 9.89 Å². The molecule has 0 spiro atoms. The average Bonchev–Trinajstić information content (AvgIpc) is 3.01. The lowest BCUT2D eigenvalue weighted by Crippen LogP contribution is -2.40. The van der Waals surface area contributed by atoms with Gasteiger partial charge in [0, 0.05) is 19.3 Å². The molecule has 7 nitrogen and oxygen atoms in total. The maximum Gasteiger partial charge on any atom is 0.249 e. The monoisotopic (exact) mass is 329 g/mol. The minimum Gasteiger partial charge on any atom is -0.375 e. The molecule has 2 aromatic heterocycles. The van der Waals surface area contributed by atoms with E-state index in [0.717, 1.165) is 48.6 Å². The molecule has 3 rings (SSSR count). The quantitative estimate of drug-likeness (QED) is 0.929. The number of nitrogens with zero attached hydrogens (tertiary/aromatic N) is 4. The van der Waals surface area contributed by atoms with Gasteiger partial charge in [0.15, 0.2) is 0 Å². The molecule has 0 unspecified atom stereocenters. The maximum absolute atomic E-state index is 12.4. The molecule has 1 fully saturated rings. The highest BCUT2D eigenvalue weighted by Crippen LogP contribution is 2.31. The minimum absolute atomic E-state index is 0.00984. The number of carbonyl (C=O) groups is 1. The number of likely N-dealkylation sites (tertiary alicyclic amines) is 1. The molecule has 1 aliphatic rings. The third-order valence-electron chi connectivity index (χ3n) is 4.26. The number of rotatable bonds is 4. The Hall–Kier alpha value is -2.28. The van der Waals surface area contributed by atoms with E-state index in [1.165, 1.54) is 0 Å². The van der Waals surface area contributed by atoms with E-state index in [1.54, 1.807) is 7.11 Å². The lowest BCUT2D eigenvalue weighted by Gasteiger charge is -2.35. The normalized spacial score (nSPS) is 18.0. The third-order valence-corrected chi connectivity index (χ3v) is 4.26. The van der Waals surface area contributed by atoms with Crippen LogP contribution in [0.1, 0.15) is 42.5 Å². The van der Waals surface area contributed by atoms with Gasteiger partial charge in [0.2, 0.25) is 5.91 Å². The number of aromatic amines is 1. The van der Waals surface area contributed by atoms with Crippen LogP contribution >= 0.6 is 0 Å². The topological polar surface area (TPSA) is 84.0 Å². The summed E-state index contributed by atoms with van der Waals surface area (Å²) in [5, 5.41) is 7.22. The molecule has 1 N–H and O–H groups in total. The number of aromatic nitrogens is 4. The fourth-order valence-corrected chi connectivity index (χ4v) is 3.19. The number of piperidine rings is 1. The fraction of sp³-hybridized carbons (Fsp3) is 0.529. The van der Waals surface area contributed by atoms with Crippen molar-refractivity contribution < 1.29 is 9.53 Å². The van der Waals surface area contributed by atoms with Crippen molar-refractivity contribution in [3.63, 3.8) is 0 Å². The molecule has 1 saturated heterocycles. The first-order valence-corrected chi connectivity index (χ1v) is 8.25. The zero-order chi connectivity index (χ0) is 17.1. The number of carbonyl (C=O) groups excluding carboxylic acids is 1. The summed E-state index contributed by atoms with van der Waals surface area (Å²) in [7, 11) is 1.55. The van der Waals surface area contributed by atoms with Gasteiger partial charge in [0.25, 0.3) is 0 Å². The first-order chi connectivity index (χ1) is 11.6. The number of hydrogen-bond acceptors (Lipinski definition) is 5. The molecule has 3 heterocycles. The van der Waals surface area contributed by atoms with E-state index in [-0.39, 0.29) is 18.6 Å². The summed E-state index contributed by atoms with van der Waals surface area (Å²) in [4.78, 5) is 23.3. The minimum atomic E-state index is -0.0260. The van der Waals surface area contributed by atoms with Gasteiger partial charge in [-0.15, -0.1) is 0 Å². The Balaban J connectivity index is 1.94. The molecule has 0 saturated carbocycles. The summed E-state index contributed by atoms with van der Waals surface area (Å²) in [6, 6.07) is 3.88. The Kier molecular flexibility index (Phi) is 4.89. The zero-order valence-corrected chi connectivity index (χ0v) is 14.4. The molecule has 7 heteroatoms. The predicted molar refractivity (Wildman–Crippen MR) is 89.3 cm³/mol. The van der Waals surface area contributed by atoms with Crippen LogP contribution in [-0.4, -0.2) is 51.2 Å². The van der Waals surface area contributed by atoms with E-state index in [9.17, 15) is 4.79 Å². The van der Waals surface area contributed by atoms with E-state index in [0.29, 0.717) is 5.82 Å². The molecule has 1 amide bonds. The van der Waals surface area contributed by atoms with Gasteiger partial charge < -0.3 is 9.64 Å². The van der Waals surface area contributed by atoms with Crippen LogP contribution < -0.4 is 0 Å². The largest absolute Gasteiger partial charge is 0.375 e. The van der Waals surface area contributed by atoms with Crippen LogP contribution in [0.25, 0.3) is 11.4 Å². The summed E-state index contributed by atoms with van der Waals surface area (Å²) in [5.74, 6) is 0.698. The second kappa shape index (κ2) is 7.09. The average molecular weight is 329 g/mol. The van der Waals surface area contributed by atoms with Gasteiger partial charge in [-0.25, -0.2) is 9.97 Å². The second-order valence-corrected chi connectivity index (χ2v) is 6.19. The molecule has 0 aliphatic carbocycles. The van der Waals surface area contributed by atoms with Crippen molar-refractivity contribution in [2.45, 2.75) is 39.2 Å². The van der Waals surface area contributed by atoms with E-state index in [4.69, 9.17) is 4.74 Å². The highest BCUT2D eigenvalue weighted by molar-refractivity contribution is 5.78. The number of hydrogen-bond donors (Lipinski definition) is 1. The Labute approximate surface area is 141 Å². The van der Waals surface area contributed by atoms with Crippen LogP contribution in [0.5, 0.6) is 0 Å². The van der Waals surface area contributed by atoms with Crippen LogP contribution in [0.3, 0.4) is 0 Å². The number of amides is 1. The fourth-order valence-electron chi connectivity index (χ4n) is 3.19. The number of ether oxygens (including phenoxy) is 1. The van der Waals surface area contributed by atoms with E-state index >= 15 is 0 Å². The van der Waals surface area contributed by atoms with Gasteiger partial charge in [-0.2, -0.15) is 5.10 Å². The standard InChI is InChI=1S/C17H23N5O2/c1-11-8-14(21-20-11)13-9-15(19-12(2)18-13)16-6-4-5-7-22(16)17(23)10-24-3/h8-9,16H,4-7,10H2,1-3H3,(H,20,21)/t16-/m1/s1. The van der Waals surface area contributed by atoms with Crippen molar-refractivity contribution in [3.05, 3.63) is 29.3 Å². The van der Waals surface area contributed by atoms with Crippen molar-refractivity contribution in [2.75, 3.05) is 20.3 Å². The van der Waals surface area contributed by atoms with Gasteiger partial charge in [-0.1, -0.05) is 0 Å². The van der Waals surface area contributed by atoms with Crippen molar-refractivity contribution in [1.82, 2.24) is 25.1 Å². The van der Waals surface area contributed by atoms with Crippen molar-refractivity contribution in [3.8, 4) is 11.4 Å². The number of H-pyrrole nitrogens is 1. The molecule has 2 aromatic rings. The third kappa shape index (κ3) is 3.46. The highest BCUT2D eigenvalue weighted by Gasteiger charge is 2.29. The first-order valence-electron chi connectivity index (χ1n) is 8.25. The van der Waals surface area contributed by atoms with Gasteiger partial charge >= 0.3 is 0 Å². The maximum atomic E-state index is 12.4. The first kappa shape index (κ1) is 16.6. The molecule has 1 aliphatic heterocycles. The van der Waals surface area contributed by atoms with Gasteiger partial charge in [-0.05, 0) is 45.2 Å². The molecule has 0 bridgehead atoms. The van der Waals surface area contributed by atoms with Crippen LogP contribution in [0, 0.1) is 13.8 Å². The smallest absolute Gasteiger partial charge is 0.249 e. The summed E-state index contributed by atoms with van der Waals surface area (Å²) in [6.45, 7) is 4.67. The molecular weight excluding hydrogens is 306 g/mol. The molecule has 24 heavy (non-hydrogen) atoms. The second-order valence-electron chi connectivity index (χ2n) is 6.19. The summed E-state index contributed by atoms with van der Waals surface area (Å²) in [6.07, 6.45) is 3.01. The van der Waals surface area contributed by atoms with Crippen molar-refractivity contribution >= 4 is 5.91 Å². The van der Waals surface area contributed by atoms with Gasteiger partial charge in [0.1, 0.15) is 18.1 Å². The number of methoxy groups -OCH3 is 1. The predicted octanol–water partition coefficient (Wildman–Crippen LogP) is 2.18. The lowest BCUT2D eigenvalue weighted by atomic mass is 9.98. The molecule has 0 aromatic carbocycles. The molecule has 0 radical (unpaired) electrons. The molecule has 1 atom stereocenters. The summed E-state index contributed by atoms with van der Waals surface area (Å²) in [5.41, 5.74) is 3.44. The Morgan fingerprint density at radius 1 is 1.29 bits per heavy atom. The Bertz CT molecular complexity index is 728. The lowest BCUT2D eigenvalue weighted by molar-refractivity contribution is -0.139. The van der Waals surface area contributed by atoms with Crippen molar-refractivity contribution in [1.29, 1.82) is 0 Å². The zero-order valence-electron chi connectivity index (χ0n) is 14.4. The number of aryl methyl sites for hydroxylation is 2. The van der Waals surface area contributed by atoms with Gasteiger partial charge in [0.05, 0.1) is 17.4 Å². The SMILES string of the molecule is COCC(=O)N1CCCC[C@@H]1c1cc(-c2cc(C)[nH]n2)nc(C)n1. The summed E-state index contributed by atoms with van der Waals surface area (Å²) < 4.78 is 5.02.